The van der Waals surface area contributed by atoms with E-state index in [1.807, 2.05) is 12.1 Å². The molecule has 0 radical (unpaired) electrons. The number of hydrogen-bond acceptors (Lipinski definition) is 4. The highest BCUT2D eigenvalue weighted by Gasteiger charge is 2.34. The van der Waals surface area contributed by atoms with Gasteiger partial charge < -0.3 is 16.0 Å². The van der Waals surface area contributed by atoms with Gasteiger partial charge in [-0.15, -0.1) is 0 Å². The maximum absolute atomic E-state index is 13.8. The molecular formula is C24H24F4N4O. The van der Waals surface area contributed by atoms with E-state index in [9.17, 15) is 22.4 Å². The Balaban J connectivity index is 1.53. The number of anilines is 2. The number of pyridine rings is 1. The second-order valence-electron chi connectivity index (χ2n) is 8.19. The molecule has 2 atom stereocenters. The molecule has 1 amide bonds. The molecule has 2 unspecified atom stereocenters. The summed E-state index contributed by atoms with van der Waals surface area (Å²) in [5.41, 5.74) is 0.460. The number of rotatable bonds is 5. The first-order valence-corrected chi connectivity index (χ1v) is 10.8. The number of carbonyl (C=O) groups excluding carboxylic acids is 1. The minimum atomic E-state index is -4.62. The highest BCUT2D eigenvalue weighted by Crippen LogP contribution is 2.34. The molecule has 4 rings (SSSR count). The number of halogens is 4. The van der Waals surface area contributed by atoms with Crippen LogP contribution in [0.1, 0.15) is 41.7 Å². The standard InChI is InChI=1S/C24H24F4N4O/c1-29-19-8-3-2-7-17(19)23(33)31-16-6-4-5-15(12-16)30-21-13-22(24(26,27)28)32-20-10-9-14(25)11-18(20)21/h2-3,7-11,13,15-16,29H,4-6,12H2,1H3,(H,30,32)(H,31,33). The third-order valence-corrected chi connectivity index (χ3v) is 5.87. The van der Waals surface area contributed by atoms with Crippen LogP contribution in [-0.2, 0) is 6.18 Å². The van der Waals surface area contributed by atoms with Gasteiger partial charge in [0.25, 0.3) is 5.91 Å². The van der Waals surface area contributed by atoms with Crippen LogP contribution in [0.5, 0.6) is 0 Å². The van der Waals surface area contributed by atoms with E-state index < -0.39 is 17.7 Å². The zero-order valence-electron chi connectivity index (χ0n) is 18.0. The van der Waals surface area contributed by atoms with Gasteiger partial charge in [-0.25, -0.2) is 9.37 Å². The van der Waals surface area contributed by atoms with E-state index in [0.29, 0.717) is 17.7 Å². The Kier molecular flexibility index (Phi) is 6.40. The fourth-order valence-corrected chi connectivity index (χ4v) is 4.30. The van der Waals surface area contributed by atoms with Crippen LogP contribution in [-0.4, -0.2) is 30.0 Å². The monoisotopic (exact) mass is 460 g/mol. The van der Waals surface area contributed by atoms with Crippen LogP contribution in [0.2, 0.25) is 0 Å². The zero-order valence-corrected chi connectivity index (χ0v) is 18.0. The topological polar surface area (TPSA) is 66.1 Å². The van der Waals surface area contributed by atoms with Gasteiger partial charge in [-0.2, -0.15) is 13.2 Å². The van der Waals surface area contributed by atoms with E-state index in [0.717, 1.165) is 31.4 Å². The minimum Gasteiger partial charge on any atom is -0.387 e. The van der Waals surface area contributed by atoms with Gasteiger partial charge in [0.1, 0.15) is 11.5 Å². The second-order valence-corrected chi connectivity index (χ2v) is 8.19. The van der Waals surface area contributed by atoms with Crippen LogP contribution >= 0.6 is 0 Å². The first-order valence-electron chi connectivity index (χ1n) is 10.8. The summed E-state index contributed by atoms with van der Waals surface area (Å²) in [7, 11) is 1.74. The molecule has 1 aromatic heterocycles. The Morgan fingerprint density at radius 3 is 2.55 bits per heavy atom. The molecule has 3 aromatic rings. The zero-order chi connectivity index (χ0) is 23.6. The second kappa shape index (κ2) is 9.25. The number of benzene rings is 2. The Hall–Kier alpha value is -3.36. The summed E-state index contributed by atoms with van der Waals surface area (Å²) in [5, 5.41) is 9.48. The summed E-state index contributed by atoms with van der Waals surface area (Å²) < 4.78 is 53.9. The quantitative estimate of drug-likeness (QED) is 0.435. The average molecular weight is 460 g/mol. The number of hydrogen-bond donors (Lipinski definition) is 3. The van der Waals surface area contributed by atoms with Gasteiger partial charge in [0.05, 0.1) is 11.1 Å². The Morgan fingerprint density at radius 1 is 1.03 bits per heavy atom. The van der Waals surface area contributed by atoms with Crippen molar-refractivity contribution in [3.8, 4) is 0 Å². The van der Waals surface area contributed by atoms with Gasteiger partial charge in [-0.05, 0) is 62.1 Å². The maximum atomic E-state index is 13.8. The van der Waals surface area contributed by atoms with Gasteiger partial charge in [-0.1, -0.05) is 12.1 Å². The summed E-state index contributed by atoms with van der Waals surface area (Å²) in [6, 6.07) is 11.3. The van der Waals surface area contributed by atoms with Crippen molar-refractivity contribution in [2.24, 2.45) is 0 Å². The van der Waals surface area contributed by atoms with E-state index in [4.69, 9.17) is 0 Å². The van der Waals surface area contributed by atoms with E-state index in [1.165, 1.54) is 12.1 Å². The predicted octanol–water partition coefficient (Wildman–Crippen LogP) is 5.59. The smallest absolute Gasteiger partial charge is 0.387 e. The molecule has 1 saturated carbocycles. The number of nitrogens with one attached hydrogen (secondary N) is 3. The molecule has 1 aliphatic rings. The SMILES string of the molecule is CNc1ccccc1C(=O)NC1CCCC(Nc2cc(C(F)(F)F)nc3ccc(F)cc23)C1. The van der Waals surface area contributed by atoms with E-state index >= 15 is 0 Å². The normalized spacial score (nSPS) is 18.7. The summed E-state index contributed by atoms with van der Waals surface area (Å²) in [4.78, 5) is 16.4. The van der Waals surface area contributed by atoms with Crippen LogP contribution in [0.25, 0.3) is 10.9 Å². The Morgan fingerprint density at radius 2 is 1.79 bits per heavy atom. The lowest BCUT2D eigenvalue weighted by Crippen LogP contribution is -2.42. The molecule has 1 fully saturated rings. The fourth-order valence-electron chi connectivity index (χ4n) is 4.30. The highest BCUT2D eigenvalue weighted by atomic mass is 19.4. The summed E-state index contributed by atoms with van der Waals surface area (Å²) in [6.45, 7) is 0. The molecule has 1 heterocycles. The Bertz CT molecular complexity index is 1160. The number of carbonyl (C=O) groups is 1. The molecule has 174 valence electrons. The molecule has 2 aromatic carbocycles. The van der Waals surface area contributed by atoms with Crippen molar-refractivity contribution < 1.29 is 22.4 Å². The molecule has 9 heteroatoms. The predicted molar refractivity (Wildman–Crippen MR) is 120 cm³/mol. The molecule has 0 aliphatic heterocycles. The van der Waals surface area contributed by atoms with Crippen LogP contribution < -0.4 is 16.0 Å². The van der Waals surface area contributed by atoms with Gasteiger partial charge in [0.15, 0.2) is 0 Å². The third kappa shape index (κ3) is 5.18. The van der Waals surface area contributed by atoms with Crippen molar-refractivity contribution in [2.75, 3.05) is 17.7 Å². The fraction of sp³-hybridized carbons (Fsp3) is 0.333. The molecule has 33 heavy (non-hydrogen) atoms. The van der Waals surface area contributed by atoms with Crippen LogP contribution in [0.15, 0.2) is 48.5 Å². The minimum absolute atomic E-state index is 0.0676. The third-order valence-electron chi connectivity index (χ3n) is 5.87. The van der Waals surface area contributed by atoms with Crippen molar-refractivity contribution in [3.63, 3.8) is 0 Å². The molecule has 5 nitrogen and oxygen atoms in total. The lowest BCUT2D eigenvalue weighted by atomic mass is 9.90. The average Bonchev–Trinajstić information content (AvgIpc) is 2.78. The van der Waals surface area contributed by atoms with Crippen molar-refractivity contribution in [3.05, 3.63) is 65.6 Å². The van der Waals surface area contributed by atoms with Gasteiger partial charge in [0.2, 0.25) is 0 Å². The van der Waals surface area contributed by atoms with Crippen molar-refractivity contribution in [1.29, 1.82) is 0 Å². The first-order chi connectivity index (χ1) is 15.7. The van der Waals surface area contributed by atoms with Crippen LogP contribution in [0.3, 0.4) is 0 Å². The van der Waals surface area contributed by atoms with E-state index in [-0.39, 0.29) is 34.6 Å². The molecule has 3 N–H and O–H groups in total. The molecule has 0 saturated heterocycles. The molecular weight excluding hydrogens is 436 g/mol. The van der Waals surface area contributed by atoms with Gasteiger partial charge in [-0.3, -0.25) is 4.79 Å². The number of fused-ring (bicyclic) bond motifs is 1. The largest absolute Gasteiger partial charge is 0.433 e. The Labute approximate surface area is 188 Å². The lowest BCUT2D eigenvalue weighted by Gasteiger charge is -2.31. The van der Waals surface area contributed by atoms with Gasteiger partial charge >= 0.3 is 6.18 Å². The maximum Gasteiger partial charge on any atom is 0.433 e. The lowest BCUT2D eigenvalue weighted by molar-refractivity contribution is -0.140. The molecule has 0 spiro atoms. The summed E-state index contributed by atoms with van der Waals surface area (Å²) >= 11 is 0. The highest BCUT2D eigenvalue weighted by molar-refractivity contribution is 5.99. The van der Waals surface area contributed by atoms with E-state index in [1.54, 1.807) is 19.2 Å². The number of aromatic nitrogens is 1. The van der Waals surface area contributed by atoms with Gasteiger partial charge in [0, 0.05) is 35.9 Å². The van der Waals surface area contributed by atoms with Crippen LogP contribution in [0, 0.1) is 5.82 Å². The number of para-hydroxylation sites is 1. The number of amides is 1. The number of alkyl halides is 3. The summed E-state index contributed by atoms with van der Waals surface area (Å²) in [6.07, 6.45) is -1.80. The molecule has 0 bridgehead atoms. The van der Waals surface area contributed by atoms with E-state index in [2.05, 4.69) is 20.9 Å². The van der Waals surface area contributed by atoms with Crippen molar-refractivity contribution in [2.45, 2.75) is 43.9 Å². The van der Waals surface area contributed by atoms with Crippen molar-refractivity contribution >= 4 is 28.2 Å². The van der Waals surface area contributed by atoms with Crippen molar-refractivity contribution in [1.82, 2.24) is 10.3 Å². The summed E-state index contributed by atoms with van der Waals surface area (Å²) in [5.74, 6) is -0.759. The number of nitrogens with zero attached hydrogens (tertiary/aromatic N) is 1. The van der Waals surface area contributed by atoms with Crippen LogP contribution in [0.4, 0.5) is 28.9 Å². The first kappa shape index (κ1) is 22.8. The molecule has 1 aliphatic carbocycles.